The number of aryl methyl sites for hydroxylation is 2. The Bertz CT molecular complexity index is 934. The summed E-state index contributed by atoms with van der Waals surface area (Å²) in [4.78, 5) is 9.35. The van der Waals surface area contributed by atoms with E-state index in [2.05, 4.69) is 44.0 Å². The molecule has 3 rings (SSSR count). The van der Waals surface area contributed by atoms with E-state index in [1.54, 1.807) is 0 Å². The molecule has 0 N–H and O–H groups in total. The molecule has 3 heteroatoms. The number of aromatic nitrogens is 2. The fourth-order valence-corrected chi connectivity index (χ4v) is 3.54. The van der Waals surface area contributed by atoms with Crippen LogP contribution in [0.5, 0.6) is 0 Å². The summed E-state index contributed by atoms with van der Waals surface area (Å²) in [5, 5.41) is 2.00. The van der Waals surface area contributed by atoms with Crippen molar-refractivity contribution in [2.24, 2.45) is 0 Å². The molecular weight excluding hydrogens is 328 g/mol. The summed E-state index contributed by atoms with van der Waals surface area (Å²) in [5.74, 6) is 0. The van der Waals surface area contributed by atoms with Crippen LogP contribution in [-0.2, 0) is 6.42 Å². The predicted molar refractivity (Wildman–Crippen MR) is 107 cm³/mol. The molecule has 0 bridgehead atoms. The fourth-order valence-electron chi connectivity index (χ4n) is 3.12. The van der Waals surface area contributed by atoms with Crippen LogP contribution in [0.1, 0.15) is 48.3 Å². The van der Waals surface area contributed by atoms with E-state index in [0.717, 1.165) is 45.7 Å². The Morgan fingerprint density at radius 3 is 2.60 bits per heavy atom. The number of allylic oxidation sites excluding steroid dienone is 1. The lowest BCUT2D eigenvalue weighted by atomic mass is 10.0. The molecular formula is C22H23ClN2. The van der Waals surface area contributed by atoms with E-state index >= 15 is 0 Å². The van der Waals surface area contributed by atoms with E-state index < -0.39 is 0 Å². The fraction of sp³-hybridized carbons (Fsp3) is 0.273. The molecule has 25 heavy (non-hydrogen) atoms. The van der Waals surface area contributed by atoms with Gasteiger partial charge in [0.15, 0.2) is 0 Å². The zero-order chi connectivity index (χ0) is 18.0. The molecule has 0 amide bonds. The van der Waals surface area contributed by atoms with Gasteiger partial charge in [-0.1, -0.05) is 42.3 Å². The topological polar surface area (TPSA) is 25.8 Å². The molecule has 2 nitrogen and oxygen atoms in total. The number of rotatable bonds is 4. The summed E-state index contributed by atoms with van der Waals surface area (Å²) in [6.07, 6.45) is 3.66. The van der Waals surface area contributed by atoms with Crippen molar-refractivity contribution in [1.29, 1.82) is 0 Å². The van der Waals surface area contributed by atoms with Crippen molar-refractivity contribution >= 4 is 27.5 Å². The van der Waals surface area contributed by atoms with Crippen LogP contribution in [-0.4, -0.2) is 9.97 Å². The van der Waals surface area contributed by atoms with Gasteiger partial charge in [-0.25, -0.2) is 0 Å². The van der Waals surface area contributed by atoms with E-state index in [4.69, 9.17) is 16.6 Å². The number of hydrogen-bond acceptors (Lipinski definition) is 2. The van der Waals surface area contributed by atoms with Crippen LogP contribution in [0.3, 0.4) is 0 Å². The third-order valence-electron chi connectivity index (χ3n) is 4.61. The molecule has 0 radical (unpaired) electrons. The highest BCUT2D eigenvalue weighted by Crippen LogP contribution is 2.30. The summed E-state index contributed by atoms with van der Waals surface area (Å²) >= 11 is 6.57. The van der Waals surface area contributed by atoms with Gasteiger partial charge in [-0.15, -0.1) is 0 Å². The largest absolute Gasteiger partial charge is 0.257 e. The minimum Gasteiger partial charge on any atom is -0.257 e. The summed E-state index contributed by atoms with van der Waals surface area (Å²) in [6, 6.07) is 12.5. The average molecular weight is 351 g/mol. The molecule has 1 aromatic carbocycles. The van der Waals surface area contributed by atoms with Gasteiger partial charge in [0.05, 0.1) is 5.52 Å². The van der Waals surface area contributed by atoms with Crippen LogP contribution < -0.4 is 0 Å². The van der Waals surface area contributed by atoms with E-state index in [9.17, 15) is 0 Å². The number of fused-ring (bicyclic) bond motifs is 1. The number of pyridine rings is 2. The molecule has 3 aromatic rings. The molecule has 0 aliphatic rings. The molecule has 0 fully saturated rings. The highest BCUT2D eigenvalue weighted by Gasteiger charge is 2.12. The van der Waals surface area contributed by atoms with Gasteiger partial charge in [0.2, 0.25) is 0 Å². The van der Waals surface area contributed by atoms with Gasteiger partial charge in [-0.2, -0.15) is 0 Å². The van der Waals surface area contributed by atoms with E-state index in [-0.39, 0.29) is 0 Å². The van der Waals surface area contributed by atoms with Crippen molar-refractivity contribution in [3.05, 3.63) is 76.2 Å². The highest BCUT2D eigenvalue weighted by molar-refractivity contribution is 6.49. The molecule has 0 aliphatic carbocycles. The van der Waals surface area contributed by atoms with Crippen molar-refractivity contribution in [3.8, 4) is 0 Å². The summed E-state index contributed by atoms with van der Waals surface area (Å²) in [6.45, 7) is 8.35. The molecule has 0 atom stereocenters. The van der Waals surface area contributed by atoms with Gasteiger partial charge in [0.1, 0.15) is 0 Å². The van der Waals surface area contributed by atoms with Gasteiger partial charge in [0, 0.05) is 40.0 Å². The quantitative estimate of drug-likeness (QED) is 0.558. The third-order valence-corrected chi connectivity index (χ3v) is 5.12. The standard InChI is InChI=1S/C22H23ClN2/c1-5-14(2)22(23)21-15(3)10-19(25-16(21)4)12-17-11-18-8-6-7-9-20(18)24-13-17/h6-11,13H,5,12H2,1-4H3/b22-14-. The van der Waals surface area contributed by atoms with Gasteiger partial charge < -0.3 is 0 Å². The smallest absolute Gasteiger partial charge is 0.0702 e. The predicted octanol–water partition coefficient (Wildman–Crippen LogP) is 6.22. The Balaban J connectivity index is 1.95. The van der Waals surface area contributed by atoms with E-state index in [1.807, 2.05) is 31.3 Å². The SMILES string of the molecule is CC/C(C)=C(\Cl)c1c(C)cc(Cc2cnc3ccccc3c2)nc1C. The lowest BCUT2D eigenvalue weighted by Gasteiger charge is -2.13. The summed E-state index contributed by atoms with van der Waals surface area (Å²) in [5.41, 5.74) is 7.67. The monoisotopic (exact) mass is 350 g/mol. The molecule has 128 valence electrons. The van der Waals surface area contributed by atoms with Crippen LogP contribution in [0.2, 0.25) is 0 Å². The number of nitrogens with zero attached hydrogens (tertiary/aromatic N) is 2. The number of benzene rings is 1. The highest BCUT2D eigenvalue weighted by atomic mass is 35.5. The van der Waals surface area contributed by atoms with E-state index in [0.29, 0.717) is 0 Å². The van der Waals surface area contributed by atoms with Crippen molar-refractivity contribution in [3.63, 3.8) is 0 Å². The second-order valence-corrected chi connectivity index (χ2v) is 6.93. The second-order valence-electron chi connectivity index (χ2n) is 6.55. The maximum Gasteiger partial charge on any atom is 0.0702 e. The third kappa shape index (κ3) is 3.74. The first-order valence-corrected chi connectivity index (χ1v) is 9.03. The molecule has 0 unspecified atom stereocenters. The number of halogens is 1. The van der Waals surface area contributed by atoms with Crippen molar-refractivity contribution in [1.82, 2.24) is 9.97 Å². The van der Waals surface area contributed by atoms with Crippen molar-refractivity contribution in [2.45, 2.75) is 40.5 Å². The van der Waals surface area contributed by atoms with Crippen molar-refractivity contribution < 1.29 is 0 Å². The first-order valence-electron chi connectivity index (χ1n) is 8.66. The maximum absolute atomic E-state index is 6.57. The van der Waals surface area contributed by atoms with Crippen molar-refractivity contribution in [2.75, 3.05) is 0 Å². The Morgan fingerprint density at radius 2 is 1.88 bits per heavy atom. The first kappa shape index (κ1) is 17.6. The minimum atomic E-state index is 0.772. The lowest BCUT2D eigenvalue weighted by Crippen LogP contribution is -2.01. The van der Waals surface area contributed by atoms with Gasteiger partial charge in [0.25, 0.3) is 0 Å². The molecule has 0 saturated heterocycles. The van der Waals surface area contributed by atoms with Gasteiger partial charge >= 0.3 is 0 Å². The molecule has 0 spiro atoms. The van der Waals surface area contributed by atoms with Gasteiger partial charge in [-0.3, -0.25) is 9.97 Å². The Kier molecular flexibility index (Phi) is 5.19. The van der Waals surface area contributed by atoms with Crippen LogP contribution in [0.4, 0.5) is 0 Å². The normalized spacial score (nSPS) is 12.4. The zero-order valence-electron chi connectivity index (χ0n) is 15.2. The summed E-state index contributed by atoms with van der Waals surface area (Å²) < 4.78 is 0. The Morgan fingerprint density at radius 1 is 1.12 bits per heavy atom. The number of para-hydroxylation sites is 1. The van der Waals surface area contributed by atoms with Gasteiger partial charge in [-0.05, 0) is 56.5 Å². The Hall–Kier alpha value is -2.19. The summed E-state index contributed by atoms with van der Waals surface area (Å²) in [7, 11) is 0. The first-order chi connectivity index (χ1) is 12.0. The zero-order valence-corrected chi connectivity index (χ0v) is 16.0. The molecule has 0 saturated carbocycles. The average Bonchev–Trinajstić information content (AvgIpc) is 2.60. The van der Waals surface area contributed by atoms with Crippen LogP contribution >= 0.6 is 11.6 Å². The minimum absolute atomic E-state index is 0.772. The van der Waals surface area contributed by atoms with E-state index in [1.165, 1.54) is 16.7 Å². The molecule has 2 aromatic heterocycles. The van der Waals surface area contributed by atoms with Crippen LogP contribution in [0.25, 0.3) is 15.9 Å². The van der Waals surface area contributed by atoms with Crippen LogP contribution in [0.15, 0.2) is 48.2 Å². The lowest BCUT2D eigenvalue weighted by molar-refractivity contribution is 1.01. The second kappa shape index (κ2) is 7.37. The Labute approximate surface area is 154 Å². The molecule has 0 aliphatic heterocycles. The molecule has 2 heterocycles. The maximum atomic E-state index is 6.57. The number of hydrogen-bond donors (Lipinski definition) is 0. The van der Waals surface area contributed by atoms with Crippen LogP contribution in [0, 0.1) is 13.8 Å².